The van der Waals surface area contributed by atoms with Gasteiger partial charge in [0, 0.05) is 19.4 Å². The van der Waals surface area contributed by atoms with E-state index in [2.05, 4.69) is 21.0 Å². The number of halogens is 2. The van der Waals surface area contributed by atoms with Gasteiger partial charge in [-0.05, 0) is 29.3 Å². The number of epoxide rings is 1. The number of esters is 1. The Morgan fingerprint density at radius 1 is 1.12 bits per heavy atom. The summed E-state index contributed by atoms with van der Waals surface area (Å²) in [5.41, 5.74) is -1.72. The standard InChI is InChI=1S/C19H22NO4S2.C4H10O.2BrH/c1-20(2)12-9-11(10-13(20)17-16(12)24-17)23-18(21)19(22,14-5-3-7-25-14)15-6-4-8-26-15;1-2-3-4-5;;/h3-8,11-13,16-17,22H,9-10H2,1-2H3;5H,2-4H2,1H3;2*1H/q+1;;;/t11?,12-,13+,16-,17+;;;. The first kappa shape index (κ1) is 28.9. The minimum Gasteiger partial charge on any atom is -0.459 e. The first-order valence-corrected chi connectivity index (χ1v) is 12.7. The Labute approximate surface area is 224 Å². The lowest BCUT2D eigenvalue weighted by Crippen LogP contribution is -2.60. The van der Waals surface area contributed by atoms with Gasteiger partial charge in [0.25, 0.3) is 0 Å². The highest BCUT2D eigenvalue weighted by Gasteiger charge is 2.71. The molecule has 2 bridgehead atoms. The number of rotatable bonds is 6. The van der Waals surface area contributed by atoms with Gasteiger partial charge >= 0.3 is 5.97 Å². The third kappa shape index (κ3) is 5.43. The van der Waals surface area contributed by atoms with E-state index in [-0.39, 0.29) is 40.1 Å². The van der Waals surface area contributed by atoms with Gasteiger partial charge in [-0.1, -0.05) is 25.5 Å². The molecule has 3 saturated heterocycles. The van der Waals surface area contributed by atoms with Gasteiger partial charge in [-0.15, -0.1) is 56.6 Å². The van der Waals surface area contributed by atoms with E-state index in [4.69, 9.17) is 14.6 Å². The number of quaternary nitrogens is 1. The van der Waals surface area contributed by atoms with Gasteiger partial charge in [0.1, 0.15) is 30.4 Å². The number of carbonyl (C=O) groups excluding carboxylic acids is 1. The largest absolute Gasteiger partial charge is 0.459 e. The summed E-state index contributed by atoms with van der Waals surface area (Å²) >= 11 is 2.74. The molecule has 3 fully saturated rings. The Morgan fingerprint density at radius 2 is 1.64 bits per heavy atom. The van der Waals surface area contributed by atoms with Gasteiger partial charge in [0.2, 0.25) is 5.60 Å². The highest BCUT2D eigenvalue weighted by Crippen LogP contribution is 2.52. The van der Waals surface area contributed by atoms with Crippen molar-refractivity contribution in [3.05, 3.63) is 44.8 Å². The van der Waals surface area contributed by atoms with E-state index < -0.39 is 11.6 Å². The Bertz CT molecular complexity index is 821. The van der Waals surface area contributed by atoms with E-state index in [0.717, 1.165) is 30.2 Å². The van der Waals surface area contributed by atoms with E-state index in [1.807, 2.05) is 22.9 Å². The number of morpholine rings is 1. The van der Waals surface area contributed by atoms with E-state index in [1.54, 1.807) is 12.1 Å². The lowest BCUT2D eigenvalue weighted by molar-refractivity contribution is -0.938. The highest BCUT2D eigenvalue weighted by atomic mass is 79.9. The molecule has 0 aliphatic carbocycles. The van der Waals surface area contributed by atoms with Crippen LogP contribution < -0.4 is 0 Å². The van der Waals surface area contributed by atoms with Crippen LogP contribution in [0.2, 0.25) is 0 Å². The Morgan fingerprint density at radius 3 is 2.00 bits per heavy atom. The summed E-state index contributed by atoms with van der Waals surface area (Å²) in [6.45, 7) is 2.40. The van der Waals surface area contributed by atoms with E-state index in [9.17, 15) is 9.90 Å². The summed E-state index contributed by atoms with van der Waals surface area (Å²) < 4.78 is 12.6. The summed E-state index contributed by atoms with van der Waals surface area (Å²) in [6.07, 6.45) is 4.09. The predicted octanol–water partition coefficient (Wildman–Crippen LogP) is 4.28. The zero-order valence-electron chi connectivity index (χ0n) is 19.1. The van der Waals surface area contributed by atoms with Crippen molar-refractivity contribution in [3.63, 3.8) is 0 Å². The van der Waals surface area contributed by atoms with Crippen LogP contribution in [0.15, 0.2) is 35.0 Å². The minimum atomic E-state index is -1.72. The van der Waals surface area contributed by atoms with Crippen molar-refractivity contribution in [2.45, 2.75) is 68.6 Å². The molecular weight excluding hydrogens is 594 g/mol. The van der Waals surface area contributed by atoms with Crippen molar-refractivity contribution in [1.29, 1.82) is 0 Å². The molecule has 5 atom stereocenters. The number of thiophene rings is 2. The minimum absolute atomic E-state index is 0. The first-order chi connectivity index (χ1) is 14.8. The van der Waals surface area contributed by atoms with E-state index >= 15 is 0 Å². The van der Waals surface area contributed by atoms with Crippen molar-refractivity contribution in [2.24, 2.45) is 0 Å². The Kier molecular flexibility index (Phi) is 10.2. The molecule has 5 rings (SSSR count). The molecule has 3 aliphatic heterocycles. The Hall–Kier alpha value is -0.330. The number of unbranched alkanes of at least 4 members (excludes halogenated alkanes) is 1. The van der Waals surface area contributed by atoms with Crippen LogP contribution in [0.4, 0.5) is 0 Å². The molecule has 0 radical (unpaired) electrons. The normalized spacial score (nSPS) is 28.3. The van der Waals surface area contributed by atoms with Gasteiger partial charge in [0.15, 0.2) is 0 Å². The van der Waals surface area contributed by atoms with Crippen LogP contribution in [0.3, 0.4) is 0 Å². The average molecular weight is 628 g/mol. The summed E-state index contributed by atoms with van der Waals surface area (Å²) in [5.74, 6) is -0.561. The molecule has 1 unspecified atom stereocenters. The smallest absolute Gasteiger partial charge is 0.349 e. The number of carbonyl (C=O) groups is 1. The van der Waals surface area contributed by atoms with Crippen LogP contribution in [0.1, 0.15) is 42.4 Å². The molecule has 33 heavy (non-hydrogen) atoms. The number of aliphatic hydroxyl groups is 2. The van der Waals surface area contributed by atoms with Gasteiger partial charge in [-0.3, -0.25) is 0 Å². The third-order valence-electron chi connectivity index (χ3n) is 6.87. The molecule has 3 aliphatic rings. The maximum atomic E-state index is 13.1. The van der Waals surface area contributed by atoms with Crippen molar-refractivity contribution in [3.8, 4) is 0 Å². The van der Waals surface area contributed by atoms with Crippen molar-refractivity contribution < 1.29 is 29.0 Å². The Balaban J connectivity index is 0.000000502. The topological polar surface area (TPSA) is 79.3 Å². The first-order valence-electron chi connectivity index (χ1n) is 10.9. The molecule has 10 heteroatoms. The van der Waals surface area contributed by atoms with Gasteiger partial charge in [0.05, 0.1) is 23.8 Å². The fourth-order valence-electron chi connectivity index (χ4n) is 4.99. The van der Waals surface area contributed by atoms with Crippen molar-refractivity contribution in [2.75, 3.05) is 20.7 Å². The molecule has 0 amide bonds. The van der Waals surface area contributed by atoms with Crippen LogP contribution in [-0.4, -0.2) is 71.8 Å². The molecule has 186 valence electrons. The zero-order valence-corrected chi connectivity index (χ0v) is 24.1. The SMILES string of the molecule is Br.Br.CCCCO.C[N+]1(C)[C@@H]2CC(OC(=O)C(O)(c3cccs3)c3cccs3)C[C@H]1[C@@H]1O[C@@H]12. The fourth-order valence-corrected chi connectivity index (χ4v) is 6.70. The number of piperidine rings is 1. The molecule has 0 saturated carbocycles. The second-order valence-corrected chi connectivity index (χ2v) is 11.0. The maximum Gasteiger partial charge on any atom is 0.349 e. The summed E-state index contributed by atoms with van der Waals surface area (Å²) in [4.78, 5) is 14.3. The summed E-state index contributed by atoms with van der Waals surface area (Å²) in [5, 5.41) is 23.2. The second kappa shape index (κ2) is 11.6. The molecule has 0 spiro atoms. The average Bonchev–Trinajstić information content (AvgIpc) is 3.10. The molecule has 2 aromatic heterocycles. The third-order valence-corrected chi connectivity index (χ3v) is 8.83. The highest BCUT2D eigenvalue weighted by molar-refractivity contribution is 8.93. The number of fused-ring (bicyclic) bond motifs is 5. The van der Waals surface area contributed by atoms with Gasteiger partial charge < -0.3 is 24.2 Å². The number of hydrogen-bond acceptors (Lipinski definition) is 7. The molecular formula is C23H34Br2NO5S2+. The van der Waals surface area contributed by atoms with Crippen LogP contribution in [0.5, 0.6) is 0 Å². The molecule has 0 aromatic carbocycles. The number of likely N-dealkylation sites (N-methyl/N-ethyl adjacent to an activating group) is 1. The number of ether oxygens (including phenoxy) is 2. The van der Waals surface area contributed by atoms with Crippen molar-refractivity contribution in [1.82, 2.24) is 0 Å². The van der Waals surface area contributed by atoms with Crippen LogP contribution in [-0.2, 0) is 19.9 Å². The maximum absolute atomic E-state index is 13.1. The lowest BCUT2D eigenvalue weighted by atomic mass is 9.95. The number of hydrogen-bond donors (Lipinski definition) is 2. The second-order valence-electron chi connectivity index (χ2n) is 9.07. The molecule has 2 N–H and O–H groups in total. The van der Waals surface area contributed by atoms with Gasteiger partial charge in [-0.25, -0.2) is 4.79 Å². The monoisotopic (exact) mass is 626 g/mol. The quantitative estimate of drug-likeness (QED) is 0.284. The summed E-state index contributed by atoms with van der Waals surface area (Å²) in [7, 11) is 4.49. The van der Waals surface area contributed by atoms with Crippen LogP contribution in [0.25, 0.3) is 0 Å². The molecule has 5 heterocycles. The summed E-state index contributed by atoms with van der Waals surface area (Å²) in [6, 6.07) is 8.01. The fraction of sp³-hybridized carbons (Fsp3) is 0.609. The van der Waals surface area contributed by atoms with Crippen molar-refractivity contribution >= 4 is 62.6 Å². The van der Waals surface area contributed by atoms with E-state index in [0.29, 0.717) is 40.7 Å². The molecule has 6 nitrogen and oxygen atoms in total. The van der Waals surface area contributed by atoms with Crippen LogP contribution in [0, 0.1) is 0 Å². The number of nitrogens with zero attached hydrogens (tertiary/aromatic N) is 1. The number of aliphatic hydroxyl groups excluding tert-OH is 1. The zero-order chi connectivity index (χ0) is 22.2. The van der Waals surface area contributed by atoms with Crippen LogP contribution >= 0.6 is 56.6 Å². The van der Waals surface area contributed by atoms with E-state index in [1.165, 1.54) is 22.7 Å². The molecule has 2 aromatic rings. The predicted molar refractivity (Wildman–Crippen MR) is 142 cm³/mol. The lowest BCUT2D eigenvalue weighted by Gasteiger charge is -2.45. The van der Waals surface area contributed by atoms with Gasteiger partial charge in [-0.2, -0.15) is 0 Å².